The number of nitrogens with zero attached hydrogens (tertiary/aromatic N) is 1. The Balaban J connectivity index is 2.41. The molecule has 0 radical (unpaired) electrons. The fourth-order valence-electron chi connectivity index (χ4n) is 1.19. The molecule has 1 nitrogen and oxygen atoms in total. The van der Waals surface area contributed by atoms with E-state index in [0.29, 0.717) is 0 Å². The van der Waals surface area contributed by atoms with Crippen LogP contribution in [0.25, 0.3) is 0 Å². The highest BCUT2D eigenvalue weighted by Crippen LogP contribution is 2.22. The van der Waals surface area contributed by atoms with E-state index in [1.54, 1.807) is 11.3 Å². The monoisotopic (exact) mass is 247 g/mol. The molecule has 0 bridgehead atoms. The fraction of sp³-hybridized carbons (Fsp3) is 0.400. The average molecular weight is 248 g/mol. The molecular weight excluding hydrogens is 234 g/mol. The molecule has 0 amide bonds. The van der Waals surface area contributed by atoms with Gasteiger partial charge in [-0.15, -0.1) is 11.3 Å². The quantitative estimate of drug-likeness (QED) is 0.617. The molecular formula is C10H14ClNS2. The third-order valence-corrected chi connectivity index (χ3v) is 3.43. The molecule has 78 valence electrons. The molecule has 1 aromatic heterocycles. The van der Waals surface area contributed by atoms with E-state index >= 15 is 0 Å². The number of hydrogen-bond donors (Lipinski definition) is 1. The van der Waals surface area contributed by atoms with Gasteiger partial charge in [-0.1, -0.05) is 23.8 Å². The molecule has 0 aliphatic carbocycles. The van der Waals surface area contributed by atoms with Crippen molar-refractivity contribution in [1.29, 1.82) is 0 Å². The van der Waals surface area contributed by atoms with E-state index in [2.05, 4.69) is 37.2 Å². The van der Waals surface area contributed by atoms with Crippen molar-refractivity contribution in [2.24, 2.45) is 0 Å². The van der Waals surface area contributed by atoms with Gasteiger partial charge in [0.05, 0.1) is 4.34 Å². The Labute approximate surface area is 99.8 Å². The molecule has 0 saturated carbocycles. The Morgan fingerprint density at radius 3 is 2.86 bits per heavy atom. The van der Waals surface area contributed by atoms with Gasteiger partial charge in [0.2, 0.25) is 0 Å². The maximum absolute atomic E-state index is 5.85. The Bertz CT molecular complexity index is 309. The second-order valence-electron chi connectivity index (χ2n) is 3.29. The maximum atomic E-state index is 5.85. The van der Waals surface area contributed by atoms with Crippen molar-refractivity contribution in [3.8, 4) is 0 Å². The lowest BCUT2D eigenvalue weighted by Crippen LogP contribution is -2.20. The largest absolute Gasteiger partial charge is 0.297 e. The first kappa shape index (κ1) is 12.1. The van der Waals surface area contributed by atoms with Crippen molar-refractivity contribution < 1.29 is 0 Å². The van der Waals surface area contributed by atoms with Gasteiger partial charge in [0, 0.05) is 23.7 Å². The van der Waals surface area contributed by atoms with Gasteiger partial charge in [-0.2, -0.15) is 12.6 Å². The summed E-state index contributed by atoms with van der Waals surface area (Å²) in [4.78, 5) is 3.49. The van der Waals surface area contributed by atoms with Crippen LogP contribution in [0, 0.1) is 0 Å². The molecule has 1 heterocycles. The molecule has 0 saturated heterocycles. The minimum atomic E-state index is 0.746. The summed E-state index contributed by atoms with van der Waals surface area (Å²) in [5.41, 5.74) is 1.14. The molecule has 0 spiro atoms. The van der Waals surface area contributed by atoms with Crippen LogP contribution in [0.2, 0.25) is 4.34 Å². The highest BCUT2D eigenvalue weighted by molar-refractivity contribution is 7.80. The van der Waals surface area contributed by atoms with Crippen molar-refractivity contribution in [3.05, 3.63) is 33.5 Å². The van der Waals surface area contributed by atoms with Crippen molar-refractivity contribution in [3.63, 3.8) is 0 Å². The van der Waals surface area contributed by atoms with Crippen molar-refractivity contribution in [1.82, 2.24) is 4.90 Å². The van der Waals surface area contributed by atoms with Gasteiger partial charge in [-0.3, -0.25) is 4.90 Å². The SMILES string of the molecule is C=C(CS)CN(C)Cc1ccc(Cl)s1. The molecule has 0 aromatic carbocycles. The van der Waals surface area contributed by atoms with Gasteiger partial charge in [0.15, 0.2) is 0 Å². The topological polar surface area (TPSA) is 3.24 Å². The van der Waals surface area contributed by atoms with Crippen molar-refractivity contribution in [2.75, 3.05) is 19.3 Å². The van der Waals surface area contributed by atoms with Crippen LogP contribution in [0.15, 0.2) is 24.3 Å². The van der Waals surface area contributed by atoms with E-state index in [4.69, 9.17) is 11.6 Å². The van der Waals surface area contributed by atoms with E-state index in [1.807, 2.05) is 6.07 Å². The minimum absolute atomic E-state index is 0.746. The highest BCUT2D eigenvalue weighted by atomic mass is 35.5. The highest BCUT2D eigenvalue weighted by Gasteiger charge is 2.03. The third-order valence-electron chi connectivity index (χ3n) is 1.77. The lowest BCUT2D eigenvalue weighted by atomic mass is 10.3. The Hall–Kier alpha value is 0.0400. The predicted molar refractivity (Wildman–Crippen MR) is 68.7 cm³/mol. The summed E-state index contributed by atoms with van der Waals surface area (Å²) >= 11 is 11.6. The van der Waals surface area contributed by atoms with Gasteiger partial charge >= 0.3 is 0 Å². The Kier molecular flexibility index (Phi) is 5.02. The molecule has 0 fully saturated rings. The van der Waals surface area contributed by atoms with Gasteiger partial charge < -0.3 is 0 Å². The van der Waals surface area contributed by atoms with E-state index in [1.165, 1.54) is 4.88 Å². The second-order valence-corrected chi connectivity index (χ2v) is 5.40. The first-order valence-electron chi connectivity index (χ1n) is 4.32. The Morgan fingerprint density at radius 2 is 2.36 bits per heavy atom. The lowest BCUT2D eigenvalue weighted by molar-refractivity contribution is 0.359. The zero-order chi connectivity index (χ0) is 10.6. The average Bonchev–Trinajstić information content (AvgIpc) is 2.50. The Morgan fingerprint density at radius 1 is 1.64 bits per heavy atom. The van der Waals surface area contributed by atoms with E-state index in [0.717, 1.165) is 28.8 Å². The standard InChI is InChI=1S/C10H14ClNS2/c1-8(7-13)5-12(2)6-9-3-4-10(11)14-9/h3-4,13H,1,5-7H2,2H3. The van der Waals surface area contributed by atoms with Crippen LogP contribution in [0.1, 0.15) is 4.88 Å². The van der Waals surface area contributed by atoms with Gasteiger partial charge in [0.1, 0.15) is 0 Å². The van der Waals surface area contributed by atoms with Crippen LogP contribution in [0.3, 0.4) is 0 Å². The van der Waals surface area contributed by atoms with Crippen LogP contribution < -0.4 is 0 Å². The molecule has 1 rings (SSSR count). The van der Waals surface area contributed by atoms with Crippen LogP contribution in [0.4, 0.5) is 0 Å². The summed E-state index contributed by atoms with van der Waals surface area (Å²) in [7, 11) is 2.07. The zero-order valence-corrected chi connectivity index (χ0v) is 10.6. The van der Waals surface area contributed by atoms with Crippen LogP contribution in [-0.2, 0) is 6.54 Å². The molecule has 0 aliphatic rings. The van der Waals surface area contributed by atoms with E-state index in [9.17, 15) is 0 Å². The minimum Gasteiger partial charge on any atom is -0.297 e. The molecule has 1 aromatic rings. The number of halogens is 1. The van der Waals surface area contributed by atoms with Crippen molar-refractivity contribution >= 4 is 35.6 Å². The van der Waals surface area contributed by atoms with Crippen LogP contribution in [0.5, 0.6) is 0 Å². The van der Waals surface area contributed by atoms with Gasteiger partial charge in [-0.05, 0) is 19.2 Å². The first-order valence-corrected chi connectivity index (χ1v) is 6.14. The predicted octanol–water partition coefficient (Wildman–Crippen LogP) is 3.32. The van der Waals surface area contributed by atoms with E-state index < -0.39 is 0 Å². The molecule has 14 heavy (non-hydrogen) atoms. The van der Waals surface area contributed by atoms with Gasteiger partial charge in [-0.25, -0.2) is 0 Å². The van der Waals surface area contributed by atoms with Crippen LogP contribution in [-0.4, -0.2) is 24.2 Å². The third kappa shape index (κ3) is 4.05. The van der Waals surface area contributed by atoms with Gasteiger partial charge in [0.25, 0.3) is 0 Å². The zero-order valence-electron chi connectivity index (χ0n) is 8.16. The molecule has 0 N–H and O–H groups in total. The first-order chi connectivity index (χ1) is 6.61. The maximum Gasteiger partial charge on any atom is 0.0931 e. The smallest absolute Gasteiger partial charge is 0.0931 e. The summed E-state index contributed by atoms with van der Waals surface area (Å²) in [6.07, 6.45) is 0. The lowest BCUT2D eigenvalue weighted by Gasteiger charge is -2.15. The number of thiophene rings is 1. The van der Waals surface area contributed by atoms with Crippen molar-refractivity contribution in [2.45, 2.75) is 6.54 Å². The number of thiol groups is 1. The summed E-state index contributed by atoms with van der Waals surface area (Å²) in [6.45, 7) is 5.73. The molecule has 0 aliphatic heterocycles. The summed E-state index contributed by atoms with van der Waals surface area (Å²) in [5, 5.41) is 0. The van der Waals surface area contributed by atoms with E-state index in [-0.39, 0.29) is 0 Å². The number of hydrogen-bond acceptors (Lipinski definition) is 3. The second kappa shape index (κ2) is 5.81. The summed E-state index contributed by atoms with van der Waals surface area (Å²) < 4.78 is 0.849. The summed E-state index contributed by atoms with van der Waals surface area (Å²) in [6, 6.07) is 4.00. The summed E-state index contributed by atoms with van der Waals surface area (Å²) in [5.74, 6) is 0.746. The molecule has 0 unspecified atom stereocenters. The molecule has 0 atom stereocenters. The molecule has 4 heteroatoms. The number of rotatable bonds is 5. The normalized spacial score (nSPS) is 10.9. The number of likely N-dealkylation sites (N-methyl/N-ethyl adjacent to an activating group) is 1. The van der Waals surface area contributed by atoms with Crippen LogP contribution >= 0.6 is 35.6 Å². The fourth-order valence-corrected chi connectivity index (χ4v) is 2.46.